The fraction of sp³-hybridized carbons (Fsp3) is 0.278. The number of aryl methyl sites for hydroxylation is 1. The van der Waals surface area contributed by atoms with Crippen LogP contribution in [-0.4, -0.2) is 12.6 Å². The molecule has 0 aliphatic rings. The number of hydrogen-bond acceptors (Lipinski definition) is 1. The van der Waals surface area contributed by atoms with Gasteiger partial charge in [0.25, 0.3) is 0 Å². The standard InChI is InChI=1S/C18H21BrN2O/c1-13-9-10-16(15(19)11-13)21-17(22)20-12-18(2,3)14-7-5-4-6-8-14/h4-11H,12H2,1-3H3,(H2,20,21,22). The second-order valence-electron chi connectivity index (χ2n) is 6.04. The summed E-state index contributed by atoms with van der Waals surface area (Å²) in [5.41, 5.74) is 2.99. The average molecular weight is 361 g/mol. The molecule has 0 radical (unpaired) electrons. The van der Waals surface area contributed by atoms with Gasteiger partial charge in [-0.05, 0) is 46.1 Å². The molecule has 0 saturated carbocycles. The van der Waals surface area contributed by atoms with E-state index in [9.17, 15) is 4.79 Å². The Hall–Kier alpha value is -1.81. The molecule has 0 fully saturated rings. The molecule has 116 valence electrons. The van der Waals surface area contributed by atoms with E-state index in [1.54, 1.807) is 0 Å². The molecule has 2 amide bonds. The summed E-state index contributed by atoms with van der Waals surface area (Å²) in [6.07, 6.45) is 0. The molecule has 3 nitrogen and oxygen atoms in total. The smallest absolute Gasteiger partial charge is 0.319 e. The van der Waals surface area contributed by atoms with Crippen molar-refractivity contribution in [2.75, 3.05) is 11.9 Å². The predicted octanol–water partition coefficient (Wildman–Crippen LogP) is 4.86. The van der Waals surface area contributed by atoms with Crippen LogP contribution in [0.25, 0.3) is 0 Å². The first-order chi connectivity index (χ1) is 10.4. The van der Waals surface area contributed by atoms with Crippen molar-refractivity contribution in [3.63, 3.8) is 0 Å². The Balaban J connectivity index is 1.95. The Bertz CT molecular complexity index is 653. The highest BCUT2D eigenvalue weighted by molar-refractivity contribution is 9.10. The first-order valence-corrected chi connectivity index (χ1v) is 8.04. The zero-order chi connectivity index (χ0) is 16.2. The van der Waals surface area contributed by atoms with E-state index in [0.29, 0.717) is 6.54 Å². The molecule has 0 heterocycles. The van der Waals surface area contributed by atoms with Crippen molar-refractivity contribution in [2.24, 2.45) is 0 Å². The number of urea groups is 1. The Morgan fingerprint density at radius 1 is 1.14 bits per heavy atom. The molecule has 0 aromatic heterocycles. The molecule has 2 aromatic rings. The fourth-order valence-electron chi connectivity index (χ4n) is 2.18. The molecule has 2 N–H and O–H groups in total. The van der Waals surface area contributed by atoms with Crippen LogP contribution in [0, 0.1) is 6.92 Å². The molecule has 0 atom stereocenters. The molecule has 0 bridgehead atoms. The number of nitrogens with one attached hydrogen (secondary N) is 2. The lowest BCUT2D eigenvalue weighted by Crippen LogP contribution is -2.39. The highest BCUT2D eigenvalue weighted by atomic mass is 79.9. The number of halogens is 1. The number of benzene rings is 2. The van der Waals surface area contributed by atoms with Crippen molar-refractivity contribution in [3.05, 3.63) is 64.1 Å². The van der Waals surface area contributed by atoms with Gasteiger partial charge in [0.2, 0.25) is 0 Å². The highest BCUT2D eigenvalue weighted by Crippen LogP contribution is 2.24. The van der Waals surface area contributed by atoms with Crippen molar-refractivity contribution < 1.29 is 4.79 Å². The van der Waals surface area contributed by atoms with Gasteiger partial charge in [0, 0.05) is 16.4 Å². The van der Waals surface area contributed by atoms with E-state index in [2.05, 4.69) is 52.5 Å². The van der Waals surface area contributed by atoms with Gasteiger partial charge >= 0.3 is 6.03 Å². The molecule has 0 aliphatic carbocycles. The van der Waals surface area contributed by atoms with Gasteiger partial charge in [-0.25, -0.2) is 4.79 Å². The molecule has 0 unspecified atom stereocenters. The average Bonchev–Trinajstić information content (AvgIpc) is 2.49. The van der Waals surface area contributed by atoms with Crippen LogP contribution in [0.4, 0.5) is 10.5 Å². The second kappa shape index (κ2) is 6.97. The van der Waals surface area contributed by atoms with Crippen LogP contribution in [0.5, 0.6) is 0 Å². The Morgan fingerprint density at radius 2 is 1.82 bits per heavy atom. The summed E-state index contributed by atoms with van der Waals surface area (Å²) in [5.74, 6) is 0. The van der Waals surface area contributed by atoms with E-state index in [4.69, 9.17) is 0 Å². The number of amides is 2. The van der Waals surface area contributed by atoms with Crippen molar-refractivity contribution in [3.8, 4) is 0 Å². The quantitative estimate of drug-likeness (QED) is 0.803. The lowest BCUT2D eigenvalue weighted by molar-refractivity contribution is 0.249. The largest absolute Gasteiger partial charge is 0.337 e. The SMILES string of the molecule is Cc1ccc(NC(=O)NCC(C)(C)c2ccccc2)c(Br)c1. The molecule has 22 heavy (non-hydrogen) atoms. The van der Waals surface area contributed by atoms with E-state index < -0.39 is 0 Å². The van der Waals surface area contributed by atoms with Crippen molar-refractivity contribution in [2.45, 2.75) is 26.2 Å². The van der Waals surface area contributed by atoms with E-state index >= 15 is 0 Å². The maximum atomic E-state index is 12.1. The predicted molar refractivity (Wildman–Crippen MR) is 95.4 cm³/mol. The summed E-state index contributed by atoms with van der Waals surface area (Å²) >= 11 is 3.46. The van der Waals surface area contributed by atoms with Crippen molar-refractivity contribution >= 4 is 27.6 Å². The van der Waals surface area contributed by atoms with Gasteiger partial charge in [-0.3, -0.25) is 0 Å². The Kier molecular flexibility index (Phi) is 5.24. The van der Waals surface area contributed by atoms with Crippen LogP contribution in [0.3, 0.4) is 0 Å². The monoisotopic (exact) mass is 360 g/mol. The Morgan fingerprint density at radius 3 is 2.45 bits per heavy atom. The molecule has 0 spiro atoms. The summed E-state index contributed by atoms with van der Waals surface area (Å²) < 4.78 is 0.880. The van der Waals surface area contributed by atoms with E-state index in [-0.39, 0.29) is 11.4 Å². The number of hydrogen-bond donors (Lipinski definition) is 2. The fourth-order valence-corrected chi connectivity index (χ4v) is 2.77. The minimum atomic E-state index is -0.200. The number of anilines is 1. The maximum absolute atomic E-state index is 12.1. The molecular formula is C18H21BrN2O. The first-order valence-electron chi connectivity index (χ1n) is 7.25. The second-order valence-corrected chi connectivity index (χ2v) is 6.90. The molecular weight excluding hydrogens is 340 g/mol. The third-order valence-electron chi connectivity index (χ3n) is 3.62. The third-order valence-corrected chi connectivity index (χ3v) is 4.28. The van der Waals surface area contributed by atoms with E-state index in [0.717, 1.165) is 15.7 Å². The molecule has 0 saturated heterocycles. The summed E-state index contributed by atoms with van der Waals surface area (Å²) in [6.45, 7) is 6.80. The van der Waals surface area contributed by atoms with Crippen molar-refractivity contribution in [1.82, 2.24) is 5.32 Å². The third kappa shape index (κ3) is 4.34. The van der Waals surface area contributed by atoms with Crippen LogP contribution in [0.2, 0.25) is 0 Å². The normalized spacial score (nSPS) is 11.1. The summed E-state index contributed by atoms with van der Waals surface area (Å²) in [5, 5.41) is 5.81. The molecule has 2 rings (SSSR count). The van der Waals surface area contributed by atoms with Gasteiger partial charge in [-0.1, -0.05) is 50.2 Å². The number of carbonyl (C=O) groups excluding carboxylic acids is 1. The van der Waals surface area contributed by atoms with Crippen molar-refractivity contribution in [1.29, 1.82) is 0 Å². The van der Waals surface area contributed by atoms with Crippen LogP contribution < -0.4 is 10.6 Å². The summed E-state index contributed by atoms with van der Waals surface area (Å²) in [7, 11) is 0. The van der Waals surface area contributed by atoms with E-state index in [1.165, 1.54) is 5.56 Å². The maximum Gasteiger partial charge on any atom is 0.319 e. The van der Waals surface area contributed by atoms with Gasteiger partial charge in [0.05, 0.1) is 5.69 Å². The molecule has 4 heteroatoms. The van der Waals surface area contributed by atoms with Crippen LogP contribution in [0.15, 0.2) is 53.0 Å². The molecule has 2 aromatic carbocycles. The van der Waals surface area contributed by atoms with Gasteiger partial charge < -0.3 is 10.6 Å². The van der Waals surface area contributed by atoms with Gasteiger partial charge in [0.15, 0.2) is 0 Å². The first kappa shape index (κ1) is 16.6. The summed E-state index contributed by atoms with van der Waals surface area (Å²) in [4.78, 5) is 12.1. The lowest BCUT2D eigenvalue weighted by atomic mass is 9.85. The minimum absolute atomic E-state index is 0.122. The topological polar surface area (TPSA) is 41.1 Å². The van der Waals surface area contributed by atoms with Gasteiger partial charge in [0.1, 0.15) is 0 Å². The van der Waals surface area contributed by atoms with Gasteiger partial charge in [-0.2, -0.15) is 0 Å². The van der Waals surface area contributed by atoms with Crippen LogP contribution in [0.1, 0.15) is 25.0 Å². The zero-order valence-electron chi connectivity index (χ0n) is 13.1. The van der Waals surface area contributed by atoms with Crippen LogP contribution >= 0.6 is 15.9 Å². The number of rotatable bonds is 4. The number of carbonyl (C=O) groups is 1. The lowest BCUT2D eigenvalue weighted by Gasteiger charge is -2.25. The van der Waals surface area contributed by atoms with Gasteiger partial charge in [-0.15, -0.1) is 0 Å². The minimum Gasteiger partial charge on any atom is -0.337 e. The van der Waals surface area contributed by atoms with Crippen LogP contribution in [-0.2, 0) is 5.41 Å². The summed E-state index contributed by atoms with van der Waals surface area (Å²) in [6, 6.07) is 15.8. The molecule has 0 aliphatic heterocycles. The zero-order valence-corrected chi connectivity index (χ0v) is 14.7. The Labute approximate surface area is 140 Å². The van der Waals surface area contributed by atoms with E-state index in [1.807, 2.05) is 43.3 Å². The highest BCUT2D eigenvalue weighted by Gasteiger charge is 2.21.